The van der Waals surface area contributed by atoms with E-state index in [1.54, 1.807) is 5.32 Å². The van der Waals surface area contributed by atoms with Crippen LogP contribution in [0, 0.1) is 0 Å². The number of para-hydroxylation sites is 2. The summed E-state index contributed by atoms with van der Waals surface area (Å²) < 4.78 is 126. The molecule has 5 heteroatoms. The summed E-state index contributed by atoms with van der Waals surface area (Å²) in [4.78, 5) is -0.435. The van der Waals surface area contributed by atoms with Crippen molar-refractivity contribution >= 4 is 0 Å². The summed E-state index contributed by atoms with van der Waals surface area (Å²) in [6.07, 6.45) is -4.15. The van der Waals surface area contributed by atoms with Crippen molar-refractivity contribution in [2.45, 2.75) is 6.08 Å². The Morgan fingerprint density at radius 2 is 2.42 bits per heavy atom. The second kappa shape index (κ2) is 7.33. The molecule has 1 fully saturated rings. The van der Waals surface area contributed by atoms with Gasteiger partial charge in [-0.25, -0.2) is 0 Å². The molecule has 2 N–H and O–H groups in total. The van der Waals surface area contributed by atoms with Crippen molar-refractivity contribution < 1.29 is 35.1 Å². The number of β-amino-alcohol motifs (C(OH)–C–C–N with tert-alkyl or cyclic N) is 1. The van der Waals surface area contributed by atoms with Crippen LogP contribution in [-0.2, 0) is 0 Å². The number of aliphatic hydroxyl groups is 1. The van der Waals surface area contributed by atoms with Crippen LogP contribution in [0.5, 0.6) is 11.5 Å². The van der Waals surface area contributed by atoms with Gasteiger partial charge in [-0.15, -0.1) is 0 Å². The Bertz CT molecular complexity index is 905. The number of ether oxygens (including phenoxy) is 2. The van der Waals surface area contributed by atoms with Crippen molar-refractivity contribution in [1.29, 1.82) is 0 Å². The van der Waals surface area contributed by atoms with Crippen LogP contribution in [0.1, 0.15) is 20.6 Å². The molecule has 0 amide bonds. The van der Waals surface area contributed by atoms with Crippen LogP contribution >= 0.6 is 0 Å². The Morgan fingerprint density at radius 1 is 1.58 bits per heavy atom. The van der Waals surface area contributed by atoms with E-state index in [9.17, 15) is 5.11 Å². The number of hydrogen-bond acceptors (Lipinski definition) is 5. The first kappa shape index (κ1) is 4.35. The molecule has 0 spiro atoms. The highest BCUT2D eigenvalue weighted by molar-refractivity contribution is 5.39. The molecule has 1 saturated heterocycles. The molecule has 19 heavy (non-hydrogen) atoms. The van der Waals surface area contributed by atoms with Crippen LogP contribution < -0.4 is 14.8 Å². The highest BCUT2D eigenvalue weighted by Gasteiger charge is 2.15. The monoisotopic (exact) mass is 281 g/mol. The van der Waals surface area contributed by atoms with E-state index in [1.807, 2.05) is 0 Å². The third kappa shape index (κ3) is 4.38. The lowest BCUT2D eigenvalue weighted by molar-refractivity contribution is 0.0632. The Labute approximate surface area is 135 Å². The first-order chi connectivity index (χ1) is 14.9. The first-order valence-electron chi connectivity index (χ1n) is 12.7. The van der Waals surface area contributed by atoms with Crippen LogP contribution in [0.15, 0.2) is 24.3 Å². The van der Waals surface area contributed by atoms with Crippen molar-refractivity contribution in [2.24, 2.45) is 0 Å². The van der Waals surface area contributed by atoms with E-state index in [2.05, 4.69) is 4.74 Å². The smallest absolute Gasteiger partial charge is 0.161 e. The van der Waals surface area contributed by atoms with Crippen LogP contribution in [-0.4, -0.2) is 62.2 Å². The topological polar surface area (TPSA) is 54.0 Å². The molecule has 1 aliphatic heterocycles. The Kier molecular flexibility index (Phi) is 1.68. The van der Waals surface area contributed by atoms with Gasteiger partial charge in [0.2, 0.25) is 0 Å². The van der Waals surface area contributed by atoms with Gasteiger partial charge >= 0.3 is 0 Å². The highest BCUT2D eigenvalue weighted by Crippen LogP contribution is 2.25. The van der Waals surface area contributed by atoms with Gasteiger partial charge in [0, 0.05) is 44.8 Å². The highest BCUT2D eigenvalue weighted by atomic mass is 16.5. The molecule has 0 aliphatic carbocycles. The number of piperazine rings is 1. The van der Waals surface area contributed by atoms with E-state index in [1.165, 1.54) is 12.1 Å². The minimum atomic E-state index is -4.15. The van der Waals surface area contributed by atoms with E-state index in [0.717, 1.165) is 12.1 Å². The molecule has 0 bridgehead atoms. The van der Waals surface area contributed by atoms with Crippen molar-refractivity contribution in [3.8, 4) is 11.5 Å². The molecule has 5 nitrogen and oxygen atoms in total. The summed E-state index contributed by atoms with van der Waals surface area (Å²) in [5.74, 6) is -1.24. The summed E-state index contributed by atoms with van der Waals surface area (Å²) in [6.45, 7) is -20.5. The fourth-order valence-electron chi connectivity index (χ4n) is 1.17. The van der Waals surface area contributed by atoms with Crippen LogP contribution in [0.3, 0.4) is 0 Å². The normalized spacial score (nSPS) is 45.3. The maximum Gasteiger partial charge on any atom is 0.161 e. The van der Waals surface area contributed by atoms with Crippen LogP contribution in [0.2, 0.25) is 0 Å². The van der Waals surface area contributed by atoms with Gasteiger partial charge in [-0.2, -0.15) is 0 Å². The van der Waals surface area contributed by atoms with Gasteiger partial charge in [0.25, 0.3) is 0 Å². The fraction of sp³-hybridized carbons (Fsp3) is 0.571. The van der Waals surface area contributed by atoms with Gasteiger partial charge in [0.05, 0.1) is 15.3 Å². The van der Waals surface area contributed by atoms with Gasteiger partial charge in [-0.3, -0.25) is 4.90 Å². The molecule has 1 heterocycles. The minimum Gasteiger partial charge on any atom is -0.493 e. The van der Waals surface area contributed by atoms with E-state index in [0.29, 0.717) is 0 Å². The average Bonchev–Trinajstić information content (AvgIpc) is 2.59. The lowest BCUT2D eigenvalue weighted by Crippen LogP contribution is -2.47. The predicted octanol–water partition coefficient (Wildman–Crippen LogP) is 0.340. The molecule has 2 unspecified atom stereocenters. The fourth-order valence-corrected chi connectivity index (χ4v) is 1.17. The van der Waals surface area contributed by atoms with Crippen LogP contribution in [0.4, 0.5) is 0 Å². The van der Waals surface area contributed by atoms with Crippen molar-refractivity contribution in [3.63, 3.8) is 0 Å². The molecule has 0 radical (unpaired) electrons. The third-order valence-corrected chi connectivity index (χ3v) is 1.95. The SMILES string of the molecule is [2H]C1N(C([2H])([2H])C([2H])(O)C([2H])([2H])Oc2ccccc2OC([2H])([2H])[2H])C([2H])([2H])C([2H])([2H])NC1([2H])[2H]. The molecule has 1 aliphatic rings. The standard InChI is InChI=1S/C14H22N2O3/c1-18-13-4-2-3-5-14(13)19-11-12(17)10-16-8-6-15-7-9-16/h2-5,12,15,17H,6-11H2,1H3/i1D3,6D2,7D2,8D,9D2,10D2,11D2,12D. The van der Waals surface area contributed by atoms with E-state index in [4.69, 9.17) is 25.3 Å². The van der Waals surface area contributed by atoms with Gasteiger partial charge < -0.3 is 19.9 Å². The molecule has 1 aromatic rings. The second-order valence-electron chi connectivity index (χ2n) is 3.22. The molecule has 2 atom stereocenters. The maximum atomic E-state index is 10.7. The molecule has 2 rings (SSSR count). The second-order valence-corrected chi connectivity index (χ2v) is 3.22. The summed E-state index contributed by atoms with van der Waals surface area (Å²) >= 11 is 0. The zero-order valence-corrected chi connectivity index (χ0v) is 9.60. The van der Waals surface area contributed by atoms with E-state index < -0.39 is 68.6 Å². The Hall–Kier alpha value is -1.30. The minimum absolute atomic E-state index is 0.435. The van der Waals surface area contributed by atoms with Crippen molar-refractivity contribution in [3.05, 3.63) is 24.3 Å². The summed E-state index contributed by atoms with van der Waals surface area (Å²) in [7, 11) is -3.01. The summed E-state index contributed by atoms with van der Waals surface area (Å²) in [6, 6.07) is 4.57. The number of rotatable bonds is 6. The number of nitrogens with one attached hydrogen (secondary N) is 1. The third-order valence-electron chi connectivity index (χ3n) is 1.95. The quantitative estimate of drug-likeness (QED) is 0.787. The molecule has 0 saturated carbocycles. The van der Waals surface area contributed by atoms with Crippen LogP contribution in [0.25, 0.3) is 0 Å². The lowest BCUT2D eigenvalue weighted by atomic mass is 10.3. The average molecular weight is 281 g/mol. The van der Waals surface area contributed by atoms with E-state index >= 15 is 0 Å². The Morgan fingerprint density at radius 3 is 3.26 bits per heavy atom. The lowest BCUT2D eigenvalue weighted by Gasteiger charge is -2.29. The number of methoxy groups -OCH3 is 1. The van der Waals surface area contributed by atoms with Crippen molar-refractivity contribution in [1.82, 2.24) is 10.2 Å². The van der Waals surface area contributed by atoms with Gasteiger partial charge in [0.1, 0.15) is 12.6 Å². The summed E-state index contributed by atoms with van der Waals surface area (Å²) in [5.41, 5.74) is 0. The Balaban J connectivity index is 2.55. The number of benzene rings is 1. The molecule has 0 aromatic heterocycles. The van der Waals surface area contributed by atoms with E-state index in [-0.39, 0.29) is 0 Å². The zero-order valence-electron chi connectivity index (χ0n) is 24.6. The first-order valence-corrected chi connectivity index (χ1v) is 5.11. The van der Waals surface area contributed by atoms with Gasteiger partial charge in [0.15, 0.2) is 11.5 Å². The predicted molar refractivity (Wildman–Crippen MR) is 73.8 cm³/mol. The summed E-state index contributed by atoms with van der Waals surface area (Å²) in [5, 5.41) is 12.3. The maximum absolute atomic E-state index is 10.7. The molecule has 106 valence electrons. The van der Waals surface area contributed by atoms with Gasteiger partial charge in [-0.05, 0) is 12.1 Å². The molecule has 1 aromatic carbocycles. The number of hydrogen-bond donors (Lipinski definition) is 2. The largest absolute Gasteiger partial charge is 0.493 e. The molecular formula is C14H22N2O3. The molecular weight excluding hydrogens is 244 g/mol. The zero-order chi connectivity index (χ0) is 26.8. The van der Waals surface area contributed by atoms with Gasteiger partial charge in [-0.1, -0.05) is 12.1 Å². The number of nitrogens with zero attached hydrogens (tertiary/aromatic N) is 1. The van der Waals surface area contributed by atoms with Crippen molar-refractivity contribution in [2.75, 3.05) is 46.1 Å².